The lowest BCUT2D eigenvalue weighted by atomic mass is 10.1. The Labute approximate surface area is 115 Å². The van der Waals surface area contributed by atoms with E-state index in [0.717, 1.165) is 37.7 Å². The Hall–Kier alpha value is -1.36. The first-order valence-electron chi connectivity index (χ1n) is 6.99. The fourth-order valence-electron chi connectivity index (χ4n) is 2.55. The van der Waals surface area contributed by atoms with Gasteiger partial charge < -0.3 is 14.9 Å². The predicted octanol–water partition coefficient (Wildman–Crippen LogP) is 1.39. The minimum absolute atomic E-state index is 0.266. The highest BCUT2D eigenvalue weighted by atomic mass is 16.3. The van der Waals surface area contributed by atoms with Gasteiger partial charge in [0, 0.05) is 45.3 Å². The molecule has 1 aliphatic rings. The molecule has 5 heteroatoms. The van der Waals surface area contributed by atoms with Crippen molar-refractivity contribution in [1.82, 2.24) is 9.97 Å². The number of hydrogen-bond donors (Lipinski definition) is 1. The van der Waals surface area contributed by atoms with E-state index in [2.05, 4.69) is 40.7 Å². The molecule has 1 N–H and O–H groups in total. The molecule has 0 amide bonds. The highest BCUT2D eigenvalue weighted by Gasteiger charge is 2.23. The summed E-state index contributed by atoms with van der Waals surface area (Å²) in [5, 5.41) is 9.20. The Balaban J connectivity index is 2.07. The Kier molecular flexibility index (Phi) is 4.58. The minimum Gasteiger partial charge on any atom is -0.396 e. The van der Waals surface area contributed by atoms with Crippen LogP contribution in [0.15, 0.2) is 12.4 Å². The molecule has 19 heavy (non-hydrogen) atoms. The molecule has 1 aromatic heterocycles. The van der Waals surface area contributed by atoms with Crippen molar-refractivity contribution in [2.45, 2.75) is 20.3 Å². The summed E-state index contributed by atoms with van der Waals surface area (Å²) in [5.41, 5.74) is 0. The Morgan fingerprint density at radius 3 is 2.89 bits per heavy atom. The quantitative estimate of drug-likeness (QED) is 0.871. The van der Waals surface area contributed by atoms with Crippen LogP contribution in [0.3, 0.4) is 0 Å². The van der Waals surface area contributed by atoms with Crippen LogP contribution in [0.25, 0.3) is 0 Å². The zero-order chi connectivity index (χ0) is 13.8. The summed E-state index contributed by atoms with van der Waals surface area (Å²) in [6.07, 6.45) is 2.67. The van der Waals surface area contributed by atoms with Gasteiger partial charge in [-0.15, -0.1) is 0 Å². The molecular weight excluding hydrogens is 240 g/mol. The number of rotatable bonds is 5. The fraction of sp³-hybridized carbons (Fsp3) is 0.714. The molecule has 1 aliphatic heterocycles. The fourth-order valence-corrected chi connectivity index (χ4v) is 2.55. The molecule has 1 unspecified atom stereocenters. The van der Waals surface area contributed by atoms with E-state index in [1.165, 1.54) is 0 Å². The number of aliphatic hydroxyl groups excluding tert-OH is 1. The lowest BCUT2D eigenvalue weighted by molar-refractivity contribution is 0.238. The van der Waals surface area contributed by atoms with Crippen LogP contribution < -0.4 is 9.80 Å². The average molecular weight is 264 g/mol. The molecule has 0 aliphatic carbocycles. The molecule has 0 spiro atoms. The summed E-state index contributed by atoms with van der Waals surface area (Å²) in [4.78, 5) is 13.1. The van der Waals surface area contributed by atoms with Crippen molar-refractivity contribution in [3.05, 3.63) is 12.4 Å². The van der Waals surface area contributed by atoms with E-state index in [0.29, 0.717) is 11.8 Å². The Morgan fingerprint density at radius 2 is 2.26 bits per heavy atom. The van der Waals surface area contributed by atoms with Crippen LogP contribution in [0.1, 0.15) is 20.3 Å². The van der Waals surface area contributed by atoms with Crippen molar-refractivity contribution >= 4 is 11.6 Å². The van der Waals surface area contributed by atoms with Crippen LogP contribution in [0.5, 0.6) is 0 Å². The first-order chi connectivity index (χ1) is 9.10. The van der Waals surface area contributed by atoms with Gasteiger partial charge >= 0.3 is 0 Å². The third-order valence-electron chi connectivity index (χ3n) is 3.54. The maximum Gasteiger partial charge on any atom is 0.134 e. The second-order valence-corrected chi connectivity index (χ2v) is 5.79. The standard InChI is InChI=1S/C14H24N4O/c1-11(2)7-17(3)13-6-14(16-10-15-13)18-5-4-12(8-18)9-19/h6,10-12,19H,4-5,7-9H2,1-3H3. The molecule has 0 radical (unpaired) electrons. The third-order valence-corrected chi connectivity index (χ3v) is 3.54. The Bertz CT molecular complexity index is 410. The highest BCUT2D eigenvalue weighted by Crippen LogP contribution is 2.23. The van der Waals surface area contributed by atoms with E-state index < -0.39 is 0 Å². The third kappa shape index (κ3) is 3.56. The molecule has 0 aromatic carbocycles. The van der Waals surface area contributed by atoms with Gasteiger partial charge in [-0.2, -0.15) is 0 Å². The van der Waals surface area contributed by atoms with Gasteiger partial charge in [0.2, 0.25) is 0 Å². The zero-order valence-corrected chi connectivity index (χ0v) is 12.1. The molecule has 1 atom stereocenters. The van der Waals surface area contributed by atoms with E-state index in [-0.39, 0.29) is 6.61 Å². The number of hydrogen-bond acceptors (Lipinski definition) is 5. The van der Waals surface area contributed by atoms with Gasteiger partial charge in [-0.1, -0.05) is 13.8 Å². The van der Waals surface area contributed by atoms with Crippen molar-refractivity contribution in [1.29, 1.82) is 0 Å². The smallest absolute Gasteiger partial charge is 0.134 e. The average Bonchev–Trinajstić information content (AvgIpc) is 2.87. The topological polar surface area (TPSA) is 52.5 Å². The van der Waals surface area contributed by atoms with Gasteiger partial charge in [0.1, 0.15) is 18.0 Å². The summed E-state index contributed by atoms with van der Waals surface area (Å²) >= 11 is 0. The minimum atomic E-state index is 0.266. The van der Waals surface area contributed by atoms with E-state index in [4.69, 9.17) is 0 Å². The maximum atomic E-state index is 9.20. The Morgan fingerprint density at radius 1 is 1.47 bits per heavy atom. The first-order valence-corrected chi connectivity index (χ1v) is 6.99. The summed E-state index contributed by atoms with van der Waals surface area (Å²) in [5.74, 6) is 2.92. The maximum absolute atomic E-state index is 9.20. The molecule has 1 aromatic rings. The number of nitrogens with zero attached hydrogens (tertiary/aromatic N) is 4. The lowest BCUT2D eigenvalue weighted by Gasteiger charge is -2.22. The van der Waals surface area contributed by atoms with Gasteiger partial charge in [0.25, 0.3) is 0 Å². The van der Waals surface area contributed by atoms with Crippen LogP contribution in [0.2, 0.25) is 0 Å². The van der Waals surface area contributed by atoms with Crippen molar-refractivity contribution in [3.63, 3.8) is 0 Å². The van der Waals surface area contributed by atoms with E-state index in [9.17, 15) is 5.11 Å². The van der Waals surface area contributed by atoms with Crippen LogP contribution >= 0.6 is 0 Å². The van der Waals surface area contributed by atoms with E-state index in [1.807, 2.05) is 6.07 Å². The van der Waals surface area contributed by atoms with Crippen molar-refractivity contribution in [2.75, 3.05) is 43.1 Å². The van der Waals surface area contributed by atoms with Gasteiger partial charge in [-0.25, -0.2) is 9.97 Å². The summed E-state index contributed by atoms with van der Waals surface area (Å²) in [7, 11) is 2.06. The SMILES string of the molecule is CC(C)CN(C)c1cc(N2CCC(CO)C2)ncn1. The molecule has 2 rings (SSSR count). The van der Waals surface area contributed by atoms with Gasteiger partial charge in [0.15, 0.2) is 0 Å². The molecule has 5 nitrogen and oxygen atoms in total. The molecule has 0 bridgehead atoms. The molecule has 1 saturated heterocycles. The van der Waals surface area contributed by atoms with Crippen LogP contribution in [0.4, 0.5) is 11.6 Å². The van der Waals surface area contributed by atoms with Crippen molar-refractivity contribution in [3.8, 4) is 0 Å². The highest BCUT2D eigenvalue weighted by molar-refractivity contribution is 5.50. The van der Waals surface area contributed by atoms with Gasteiger partial charge in [-0.3, -0.25) is 0 Å². The van der Waals surface area contributed by atoms with Crippen molar-refractivity contribution < 1.29 is 5.11 Å². The zero-order valence-electron chi connectivity index (χ0n) is 12.1. The molecular formula is C14H24N4O. The van der Waals surface area contributed by atoms with Crippen molar-refractivity contribution in [2.24, 2.45) is 11.8 Å². The lowest BCUT2D eigenvalue weighted by Crippen LogP contribution is -2.25. The first kappa shape index (κ1) is 14.1. The molecule has 106 valence electrons. The normalized spacial score (nSPS) is 19.2. The summed E-state index contributed by atoms with van der Waals surface area (Å²) in [6, 6.07) is 2.04. The number of anilines is 2. The van der Waals surface area contributed by atoms with Crippen LogP contribution in [0, 0.1) is 11.8 Å². The number of aliphatic hydroxyl groups is 1. The summed E-state index contributed by atoms with van der Waals surface area (Å²) < 4.78 is 0. The van der Waals surface area contributed by atoms with E-state index >= 15 is 0 Å². The second-order valence-electron chi connectivity index (χ2n) is 5.79. The largest absolute Gasteiger partial charge is 0.396 e. The van der Waals surface area contributed by atoms with E-state index in [1.54, 1.807) is 6.33 Å². The van der Waals surface area contributed by atoms with Crippen LogP contribution in [-0.4, -0.2) is 48.4 Å². The monoisotopic (exact) mass is 264 g/mol. The second kappa shape index (κ2) is 6.19. The predicted molar refractivity (Wildman–Crippen MR) is 77.5 cm³/mol. The van der Waals surface area contributed by atoms with Crippen LogP contribution in [-0.2, 0) is 0 Å². The molecule has 2 heterocycles. The van der Waals surface area contributed by atoms with Gasteiger partial charge in [-0.05, 0) is 12.3 Å². The summed E-state index contributed by atoms with van der Waals surface area (Å²) in [6.45, 7) is 7.50. The van der Waals surface area contributed by atoms with Gasteiger partial charge in [0.05, 0.1) is 0 Å². The molecule has 0 saturated carbocycles. The molecule has 1 fully saturated rings. The number of aromatic nitrogens is 2.